The molecular formula is C14H22N2. The van der Waals surface area contributed by atoms with Gasteiger partial charge in [0, 0.05) is 6.20 Å². The molecule has 0 bridgehead atoms. The van der Waals surface area contributed by atoms with Crippen LogP contribution in [-0.4, -0.2) is 4.98 Å². The first kappa shape index (κ1) is 11.4. The smallest absolute Gasteiger partial charge is 0.126 e. The predicted molar refractivity (Wildman–Crippen MR) is 68.2 cm³/mol. The van der Waals surface area contributed by atoms with Gasteiger partial charge in [-0.15, -0.1) is 0 Å². The molecule has 2 rings (SSSR count). The number of fused-ring (bicyclic) bond motifs is 1. The van der Waals surface area contributed by atoms with E-state index in [1.807, 2.05) is 6.20 Å². The Morgan fingerprint density at radius 3 is 2.94 bits per heavy atom. The SMILES string of the molecule is CCC(C)(C)[C@H]1CCc2c(ccnc2N)C1. The summed E-state index contributed by atoms with van der Waals surface area (Å²) in [7, 11) is 0. The molecule has 0 spiro atoms. The lowest BCUT2D eigenvalue weighted by Crippen LogP contribution is -2.29. The van der Waals surface area contributed by atoms with E-state index < -0.39 is 0 Å². The second-order valence-corrected chi connectivity index (χ2v) is 5.62. The van der Waals surface area contributed by atoms with Gasteiger partial charge in [0.2, 0.25) is 0 Å². The summed E-state index contributed by atoms with van der Waals surface area (Å²) in [5.41, 5.74) is 9.08. The van der Waals surface area contributed by atoms with Gasteiger partial charge in [-0.2, -0.15) is 0 Å². The molecule has 88 valence electrons. The molecule has 16 heavy (non-hydrogen) atoms. The number of hydrogen-bond donors (Lipinski definition) is 1. The highest BCUT2D eigenvalue weighted by Crippen LogP contribution is 2.40. The first-order chi connectivity index (χ1) is 7.54. The van der Waals surface area contributed by atoms with Gasteiger partial charge >= 0.3 is 0 Å². The second-order valence-electron chi connectivity index (χ2n) is 5.62. The molecule has 1 aliphatic carbocycles. The van der Waals surface area contributed by atoms with E-state index in [2.05, 4.69) is 31.8 Å². The van der Waals surface area contributed by atoms with Crippen LogP contribution in [0, 0.1) is 11.3 Å². The molecule has 1 aromatic rings. The van der Waals surface area contributed by atoms with Gasteiger partial charge in [-0.1, -0.05) is 27.2 Å². The van der Waals surface area contributed by atoms with Crippen LogP contribution in [0.1, 0.15) is 44.7 Å². The van der Waals surface area contributed by atoms with Crippen molar-refractivity contribution in [2.75, 3.05) is 5.73 Å². The Balaban J connectivity index is 2.25. The minimum Gasteiger partial charge on any atom is -0.383 e. The van der Waals surface area contributed by atoms with Gasteiger partial charge in [0.25, 0.3) is 0 Å². The van der Waals surface area contributed by atoms with Crippen LogP contribution in [0.4, 0.5) is 5.82 Å². The molecule has 1 heterocycles. The molecule has 1 atom stereocenters. The summed E-state index contributed by atoms with van der Waals surface area (Å²) in [6, 6.07) is 2.14. The molecular weight excluding hydrogens is 196 g/mol. The summed E-state index contributed by atoms with van der Waals surface area (Å²) in [4.78, 5) is 4.18. The molecule has 0 saturated heterocycles. The second kappa shape index (κ2) is 4.08. The highest BCUT2D eigenvalue weighted by atomic mass is 14.8. The molecule has 0 aliphatic heterocycles. The maximum Gasteiger partial charge on any atom is 0.126 e. The van der Waals surface area contributed by atoms with Crippen LogP contribution >= 0.6 is 0 Å². The van der Waals surface area contributed by atoms with Crippen LogP contribution in [-0.2, 0) is 12.8 Å². The first-order valence-electron chi connectivity index (χ1n) is 6.27. The maximum atomic E-state index is 5.92. The number of anilines is 1. The monoisotopic (exact) mass is 218 g/mol. The van der Waals surface area contributed by atoms with Gasteiger partial charge in [0.1, 0.15) is 5.82 Å². The van der Waals surface area contributed by atoms with Crippen LogP contribution in [0.5, 0.6) is 0 Å². The third-order valence-electron chi connectivity index (χ3n) is 4.41. The normalized spacial score (nSPS) is 20.6. The number of aromatic nitrogens is 1. The van der Waals surface area contributed by atoms with Crippen LogP contribution in [0.15, 0.2) is 12.3 Å². The molecule has 0 radical (unpaired) electrons. The van der Waals surface area contributed by atoms with Crippen LogP contribution < -0.4 is 5.73 Å². The lowest BCUT2D eigenvalue weighted by Gasteiger charge is -2.37. The van der Waals surface area contributed by atoms with E-state index in [1.54, 1.807) is 0 Å². The Kier molecular flexibility index (Phi) is 2.92. The molecule has 2 heteroatoms. The molecule has 2 nitrogen and oxygen atoms in total. The van der Waals surface area contributed by atoms with E-state index in [1.165, 1.54) is 30.4 Å². The Hall–Kier alpha value is -1.05. The molecule has 1 aromatic heterocycles. The Morgan fingerprint density at radius 2 is 2.25 bits per heavy atom. The highest BCUT2D eigenvalue weighted by molar-refractivity contribution is 5.45. The Labute approximate surface area is 98.3 Å². The quantitative estimate of drug-likeness (QED) is 0.828. The van der Waals surface area contributed by atoms with Gasteiger partial charge < -0.3 is 5.73 Å². The van der Waals surface area contributed by atoms with E-state index >= 15 is 0 Å². The number of rotatable bonds is 2. The fourth-order valence-corrected chi connectivity index (χ4v) is 2.67. The minimum atomic E-state index is 0.440. The summed E-state index contributed by atoms with van der Waals surface area (Å²) >= 11 is 0. The number of nitrogens with two attached hydrogens (primary N) is 1. The lowest BCUT2D eigenvalue weighted by atomic mass is 9.68. The van der Waals surface area contributed by atoms with Crippen molar-refractivity contribution in [3.63, 3.8) is 0 Å². The van der Waals surface area contributed by atoms with E-state index in [9.17, 15) is 0 Å². The van der Waals surface area contributed by atoms with Crippen molar-refractivity contribution in [3.05, 3.63) is 23.4 Å². The van der Waals surface area contributed by atoms with Gasteiger partial charge in [-0.05, 0) is 47.8 Å². The first-order valence-corrected chi connectivity index (χ1v) is 6.27. The van der Waals surface area contributed by atoms with Crippen molar-refractivity contribution in [2.24, 2.45) is 11.3 Å². The summed E-state index contributed by atoms with van der Waals surface area (Å²) in [6.45, 7) is 7.05. The number of pyridine rings is 1. The largest absolute Gasteiger partial charge is 0.383 e. The highest BCUT2D eigenvalue weighted by Gasteiger charge is 2.31. The number of nitrogens with zero attached hydrogens (tertiary/aromatic N) is 1. The van der Waals surface area contributed by atoms with E-state index in [-0.39, 0.29) is 0 Å². The molecule has 0 amide bonds. The third kappa shape index (κ3) is 1.93. The van der Waals surface area contributed by atoms with Crippen molar-refractivity contribution in [1.82, 2.24) is 4.98 Å². The van der Waals surface area contributed by atoms with Crippen molar-refractivity contribution >= 4 is 5.82 Å². The van der Waals surface area contributed by atoms with Gasteiger partial charge in [0.05, 0.1) is 0 Å². The molecule has 1 aliphatic rings. The topological polar surface area (TPSA) is 38.9 Å². The zero-order valence-electron chi connectivity index (χ0n) is 10.6. The van der Waals surface area contributed by atoms with Crippen molar-refractivity contribution < 1.29 is 0 Å². The van der Waals surface area contributed by atoms with Gasteiger partial charge in [-0.3, -0.25) is 0 Å². The molecule has 0 saturated carbocycles. The Morgan fingerprint density at radius 1 is 1.50 bits per heavy atom. The molecule has 0 aromatic carbocycles. The summed E-state index contributed by atoms with van der Waals surface area (Å²) < 4.78 is 0. The number of nitrogen functional groups attached to an aromatic ring is 1. The zero-order chi connectivity index (χ0) is 11.8. The molecule has 2 N–H and O–H groups in total. The molecule has 0 fully saturated rings. The van der Waals surface area contributed by atoms with Crippen molar-refractivity contribution in [1.29, 1.82) is 0 Å². The van der Waals surface area contributed by atoms with Crippen molar-refractivity contribution in [2.45, 2.75) is 46.5 Å². The zero-order valence-corrected chi connectivity index (χ0v) is 10.6. The van der Waals surface area contributed by atoms with E-state index in [4.69, 9.17) is 5.73 Å². The van der Waals surface area contributed by atoms with Crippen LogP contribution in [0.2, 0.25) is 0 Å². The summed E-state index contributed by atoms with van der Waals surface area (Å²) in [5, 5.41) is 0. The molecule has 0 unspecified atom stereocenters. The predicted octanol–water partition coefficient (Wildman–Crippen LogP) is 3.20. The van der Waals surface area contributed by atoms with E-state index in [0.29, 0.717) is 5.41 Å². The van der Waals surface area contributed by atoms with Crippen molar-refractivity contribution in [3.8, 4) is 0 Å². The lowest BCUT2D eigenvalue weighted by molar-refractivity contribution is 0.183. The van der Waals surface area contributed by atoms with E-state index in [0.717, 1.165) is 18.2 Å². The fourth-order valence-electron chi connectivity index (χ4n) is 2.67. The third-order valence-corrected chi connectivity index (χ3v) is 4.41. The average Bonchev–Trinajstić information content (AvgIpc) is 2.29. The maximum absolute atomic E-state index is 5.92. The van der Waals surface area contributed by atoms with Crippen LogP contribution in [0.25, 0.3) is 0 Å². The average molecular weight is 218 g/mol. The fraction of sp³-hybridized carbons (Fsp3) is 0.643. The van der Waals surface area contributed by atoms with Crippen LogP contribution in [0.3, 0.4) is 0 Å². The number of hydrogen-bond acceptors (Lipinski definition) is 2. The minimum absolute atomic E-state index is 0.440. The van der Waals surface area contributed by atoms with Gasteiger partial charge in [-0.25, -0.2) is 4.98 Å². The Bertz CT molecular complexity index is 382. The standard InChI is InChI=1S/C14H22N2/c1-4-14(2,3)11-5-6-12-10(9-11)7-8-16-13(12)15/h7-8,11H,4-6,9H2,1-3H3,(H2,15,16)/t11-/m0/s1. The summed E-state index contributed by atoms with van der Waals surface area (Å²) in [6.07, 6.45) is 6.61. The summed E-state index contributed by atoms with van der Waals surface area (Å²) in [5.74, 6) is 1.53. The van der Waals surface area contributed by atoms with Gasteiger partial charge in [0.15, 0.2) is 0 Å².